The summed E-state index contributed by atoms with van der Waals surface area (Å²) in [5, 5.41) is 14.0. The fourth-order valence-corrected chi connectivity index (χ4v) is 0. The monoisotopic (exact) mass is 81.0 g/mol. The zero-order valence-corrected chi connectivity index (χ0v) is 2.47. The molecule has 6 N–H and O–H groups in total. The third-order valence-electron chi connectivity index (χ3n) is 0. The molecule has 0 bridgehead atoms. The fraction of sp³-hybridized carbons (Fsp3) is 0. The molecule has 0 amide bonds. The van der Waals surface area contributed by atoms with Gasteiger partial charge in [0, 0.05) is 0 Å². The molecule has 0 fully saturated rings. The molecule has 33 valence electrons. The first-order chi connectivity index (χ1) is 1.41. The van der Waals surface area contributed by atoms with Gasteiger partial charge in [-0.3, -0.25) is 0 Å². The van der Waals surface area contributed by atoms with Gasteiger partial charge in [0.2, 0.25) is 0 Å². The quantitative estimate of drug-likeness (QED) is 0.300. The zero-order chi connectivity index (χ0) is 2.71. The Morgan fingerprint density at radius 3 is 1.00 bits per heavy atom. The molecule has 0 spiro atoms. The van der Waals surface area contributed by atoms with E-state index in [4.69, 9.17) is 10.0 Å². The van der Waals surface area contributed by atoms with Crippen molar-refractivity contribution in [1.82, 2.24) is 0 Å². The second kappa shape index (κ2) is 40.2. The van der Waals surface area contributed by atoms with Crippen LogP contribution in [-0.4, -0.2) is 28.7 Å². The number of rotatable bonds is 0. The Kier molecular flexibility index (Phi) is 166. The van der Waals surface area contributed by atoms with Crippen molar-refractivity contribution in [1.29, 1.82) is 0 Å². The van der Waals surface area contributed by atoms with E-state index in [1.54, 1.807) is 0 Å². The first-order valence-electron chi connectivity index (χ1n) is 0.516. The molecule has 0 heterocycles. The molecule has 1 radical (unpaired) electrons. The van der Waals surface area contributed by atoms with Gasteiger partial charge in [0.1, 0.15) is 0 Å². The fourth-order valence-electron chi connectivity index (χ4n) is 0. The molecule has 5 heavy (non-hydrogen) atoms. The summed E-state index contributed by atoms with van der Waals surface area (Å²) in [6, 6.07) is 0. The summed E-state index contributed by atoms with van der Waals surface area (Å²) < 4.78 is 0. The molecule has 0 aliphatic heterocycles. The lowest BCUT2D eigenvalue weighted by molar-refractivity contribution is 0.448. The first-order valence-corrected chi connectivity index (χ1v) is 0.516. The SMILES string of the molecule is O.O.O[B]O. The van der Waals surface area contributed by atoms with Gasteiger partial charge in [0.25, 0.3) is 0 Å². The summed E-state index contributed by atoms with van der Waals surface area (Å²) in [7, 11) is 0. The Hall–Kier alpha value is -0.0951. The topological polar surface area (TPSA) is 103 Å². The predicted octanol–water partition coefficient (Wildman–Crippen LogP) is -3.14. The summed E-state index contributed by atoms with van der Waals surface area (Å²) >= 11 is 0. The van der Waals surface area contributed by atoms with Crippen molar-refractivity contribution in [3.05, 3.63) is 0 Å². The van der Waals surface area contributed by atoms with E-state index in [0.717, 1.165) is 0 Å². The minimum atomic E-state index is 0. The van der Waals surface area contributed by atoms with Crippen molar-refractivity contribution in [2.24, 2.45) is 0 Å². The number of hydrogen-bond acceptors (Lipinski definition) is 2. The smallest absolute Gasteiger partial charge is 0.429 e. The zero-order valence-electron chi connectivity index (χ0n) is 2.47. The molecule has 0 saturated carbocycles. The van der Waals surface area contributed by atoms with Crippen LogP contribution in [0.4, 0.5) is 0 Å². The summed E-state index contributed by atoms with van der Waals surface area (Å²) in [6.45, 7) is 0. The van der Waals surface area contributed by atoms with Crippen molar-refractivity contribution in [3.63, 3.8) is 0 Å². The molecule has 4 nitrogen and oxygen atoms in total. The summed E-state index contributed by atoms with van der Waals surface area (Å²) in [5.74, 6) is 0. The van der Waals surface area contributed by atoms with Gasteiger partial charge in [-0.25, -0.2) is 0 Å². The Labute approximate surface area is 30.0 Å². The molecule has 0 aliphatic rings. The standard InChI is InChI=1S/BH2O2.2H2O/c2-1-3;;/h2-3H;2*1H2. The van der Waals surface area contributed by atoms with E-state index >= 15 is 0 Å². The summed E-state index contributed by atoms with van der Waals surface area (Å²) in [4.78, 5) is 0. The predicted molar refractivity (Wildman–Crippen MR) is 17.4 cm³/mol. The average molecular weight is 80.9 g/mol. The van der Waals surface area contributed by atoms with Crippen molar-refractivity contribution in [3.8, 4) is 0 Å². The highest BCUT2D eigenvalue weighted by Gasteiger charge is 1.51. The maximum atomic E-state index is 7.00. The van der Waals surface area contributed by atoms with Gasteiger partial charge in [-0.1, -0.05) is 0 Å². The summed E-state index contributed by atoms with van der Waals surface area (Å²) in [5.41, 5.74) is 0. The second-order valence-electron chi connectivity index (χ2n) is 0.115. The van der Waals surface area contributed by atoms with Crippen LogP contribution in [0, 0.1) is 0 Å². The lowest BCUT2D eigenvalue weighted by Crippen LogP contribution is -1.75. The molecule has 5 heteroatoms. The lowest BCUT2D eigenvalue weighted by Gasteiger charge is -1.46. The third-order valence-corrected chi connectivity index (χ3v) is 0. The summed E-state index contributed by atoms with van der Waals surface area (Å²) in [6.07, 6.45) is 0. The van der Waals surface area contributed by atoms with E-state index in [0.29, 0.717) is 0 Å². The Balaban J connectivity index is -0.0000000200. The van der Waals surface area contributed by atoms with Gasteiger partial charge in [-0.15, -0.1) is 0 Å². The van der Waals surface area contributed by atoms with Gasteiger partial charge in [0.15, 0.2) is 0 Å². The van der Waals surface area contributed by atoms with Crippen molar-refractivity contribution >= 4 is 7.69 Å². The Morgan fingerprint density at radius 1 is 1.00 bits per heavy atom. The van der Waals surface area contributed by atoms with Crippen LogP contribution in [-0.2, 0) is 0 Å². The Morgan fingerprint density at radius 2 is 1.00 bits per heavy atom. The minimum Gasteiger partial charge on any atom is -0.429 e. The highest BCUT2D eigenvalue weighted by molar-refractivity contribution is 6.13. The molecule has 0 aliphatic carbocycles. The van der Waals surface area contributed by atoms with Crippen molar-refractivity contribution < 1.29 is 21.0 Å². The van der Waals surface area contributed by atoms with E-state index < -0.39 is 0 Å². The van der Waals surface area contributed by atoms with Crippen LogP contribution in [0.5, 0.6) is 0 Å². The van der Waals surface area contributed by atoms with Gasteiger partial charge in [-0.05, 0) is 0 Å². The highest BCUT2D eigenvalue weighted by atomic mass is 16.4. The van der Waals surface area contributed by atoms with Crippen LogP contribution in [0.1, 0.15) is 0 Å². The van der Waals surface area contributed by atoms with Gasteiger partial charge in [0.05, 0.1) is 0 Å². The van der Waals surface area contributed by atoms with E-state index in [-0.39, 0.29) is 18.6 Å². The Bertz CT molecular complexity index is 3.61. The first kappa shape index (κ1) is 20.6. The second-order valence-corrected chi connectivity index (χ2v) is 0.115. The van der Waals surface area contributed by atoms with Crippen LogP contribution in [0.25, 0.3) is 0 Å². The normalized spacial score (nSPS) is 2.80. The van der Waals surface area contributed by atoms with Crippen molar-refractivity contribution in [2.45, 2.75) is 0 Å². The minimum absolute atomic E-state index is 0. The molecule has 0 saturated heterocycles. The molecule has 0 atom stereocenters. The molecule has 0 rings (SSSR count). The van der Waals surface area contributed by atoms with Crippen LogP contribution in [0.2, 0.25) is 0 Å². The maximum Gasteiger partial charge on any atom is 0.482 e. The molecular formula is H6BO4. The molecule has 0 aromatic carbocycles. The lowest BCUT2D eigenvalue weighted by atomic mass is 10.5. The highest BCUT2D eigenvalue weighted by Crippen LogP contribution is 1.08. The van der Waals surface area contributed by atoms with Crippen LogP contribution in [0.3, 0.4) is 0 Å². The number of hydrogen-bond donors (Lipinski definition) is 2. The molecule has 0 aromatic heterocycles. The van der Waals surface area contributed by atoms with E-state index in [9.17, 15) is 0 Å². The van der Waals surface area contributed by atoms with Crippen molar-refractivity contribution in [2.75, 3.05) is 0 Å². The van der Waals surface area contributed by atoms with Gasteiger partial charge < -0.3 is 21.0 Å². The van der Waals surface area contributed by atoms with Gasteiger partial charge >= 0.3 is 7.69 Å². The van der Waals surface area contributed by atoms with Crippen LogP contribution >= 0.6 is 0 Å². The van der Waals surface area contributed by atoms with E-state index in [1.165, 1.54) is 0 Å². The maximum absolute atomic E-state index is 7.00. The molecule has 0 aromatic rings. The largest absolute Gasteiger partial charge is 0.482 e. The van der Waals surface area contributed by atoms with Crippen LogP contribution < -0.4 is 0 Å². The molecular weight excluding hydrogens is 74.8 g/mol. The van der Waals surface area contributed by atoms with E-state index in [2.05, 4.69) is 0 Å². The average Bonchev–Trinajstić information content (AvgIpc) is 0.918. The third kappa shape index (κ3) is 1570. The molecule has 0 unspecified atom stereocenters. The van der Waals surface area contributed by atoms with Gasteiger partial charge in [-0.2, -0.15) is 0 Å². The van der Waals surface area contributed by atoms with E-state index in [1.807, 2.05) is 0 Å². The van der Waals surface area contributed by atoms with Crippen LogP contribution in [0.15, 0.2) is 0 Å².